The molecule has 2 aromatic heterocycles. The van der Waals surface area contributed by atoms with Crippen molar-refractivity contribution < 1.29 is 9.53 Å². The smallest absolute Gasteiger partial charge is 0.327 e. The molecular weight excluding hydrogens is 330 g/mol. The first-order chi connectivity index (χ1) is 12.8. The molecule has 1 N–H and O–H groups in total. The molecule has 26 heavy (non-hydrogen) atoms. The summed E-state index contributed by atoms with van der Waals surface area (Å²) in [4.78, 5) is 20.1. The molecule has 132 valence electrons. The molecule has 2 aliphatic carbocycles. The van der Waals surface area contributed by atoms with Crippen molar-refractivity contribution in [3.05, 3.63) is 47.9 Å². The fourth-order valence-electron chi connectivity index (χ4n) is 4.31. The average Bonchev–Trinajstić information content (AvgIpc) is 3.01. The molecule has 1 saturated carbocycles. The zero-order chi connectivity index (χ0) is 17.7. The van der Waals surface area contributed by atoms with E-state index in [1.54, 1.807) is 6.20 Å². The van der Waals surface area contributed by atoms with Crippen LogP contribution in [0.15, 0.2) is 36.8 Å². The van der Waals surface area contributed by atoms with Crippen molar-refractivity contribution in [3.63, 3.8) is 0 Å². The molecule has 3 unspecified atom stereocenters. The number of esters is 1. The lowest BCUT2D eigenvalue weighted by Gasteiger charge is -2.10. The Kier molecular flexibility index (Phi) is 3.41. The summed E-state index contributed by atoms with van der Waals surface area (Å²) in [5.41, 5.74) is 3.66. The van der Waals surface area contributed by atoms with E-state index in [1.807, 2.05) is 0 Å². The predicted molar refractivity (Wildman–Crippen MR) is 95.7 cm³/mol. The molecule has 7 nitrogen and oxygen atoms in total. The monoisotopic (exact) mass is 349 g/mol. The van der Waals surface area contributed by atoms with Crippen LogP contribution in [-0.4, -0.2) is 39.4 Å². The van der Waals surface area contributed by atoms with Crippen LogP contribution in [0.1, 0.15) is 17.0 Å². The fourth-order valence-corrected chi connectivity index (χ4v) is 4.31. The number of nitrogens with one attached hydrogen (secondary N) is 1. The van der Waals surface area contributed by atoms with Gasteiger partial charge >= 0.3 is 5.97 Å². The molecular formula is C19H19N5O2. The van der Waals surface area contributed by atoms with Crippen LogP contribution in [0.25, 0.3) is 11.0 Å². The quantitative estimate of drug-likeness (QED) is 0.710. The van der Waals surface area contributed by atoms with E-state index in [1.165, 1.54) is 35.7 Å². The SMILES string of the molecule is COC(=O)Cn1ncc2c(NCC3C4Cc5ccccc5C34)ncnc21. The number of nitrogens with zero attached hydrogens (tertiary/aromatic N) is 4. The molecule has 0 saturated heterocycles. The number of carbonyl (C=O) groups is 1. The fraction of sp³-hybridized carbons (Fsp3) is 0.368. The highest BCUT2D eigenvalue weighted by Crippen LogP contribution is 2.61. The van der Waals surface area contributed by atoms with Gasteiger partial charge in [-0.2, -0.15) is 5.10 Å². The number of hydrogen-bond donors (Lipinski definition) is 1. The summed E-state index contributed by atoms with van der Waals surface area (Å²) >= 11 is 0. The van der Waals surface area contributed by atoms with Crippen LogP contribution in [0.5, 0.6) is 0 Å². The summed E-state index contributed by atoms with van der Waals surface area (Å²) in [6.45, 7) is 0.929. The molecule has 0 bridgehead atoms. The summed E-state index contributed by atoms with van der Waals surface area (Å²) in [6, 6.07) is 8.77. The van der Waals surface area contributed by atoms with Gasteiger partial charge in [-0.15, -0.1) is 0 Å². The minimum Gasteiger partial charge on any atom is -0.468 e. The Hall–Kier alpha value is -2.96. The summed E-state index contributed by atoms with van der Waals surface area (Å²) < 4.78 is 6.24. The van der Waals surface area contributed by atoms with Crippen molar-refractivity contribution in [1.82, 2.24) is 19.7 Å². The second-order valence-corrected chi connectivity index (χ2v) is 6.98. The van der Waals surface area contributed by atoms with Gasteiger partial charge in [0, 0.05) is 6.54 Å². The molecule has 5 rings (SSSR count). The van der Waals surface area contributed by atoms with Crippen molar-refractivity contribution in [2.45, 2.75) is 18.9 Å². The molecule has 2 heterocycles. The molecule has 0 radical (unpaired) electrons. The summed E-state index contributed by atoms with van der Waals surface area (Å²) in [6.07, 6.45) is 4.39. The number of hydrogen-bond acceptors (Lipinski definition) is 6. The maximum atomic E-state index is 11.5. The Balaban J connectivity index is 1.32. The Morgan fingerprint density at radius 3 is 3.12 bits per heavy atom. The zero-order valence-electron chi connectivity index (χ0n) is 14.4. The van der Waals surface area contributed by atoms with Crippen molar-refractivity contribution in [2.75, 3.05) is 19.0 Å². The van der Waals surface area contributed by atoms with Crippen LogP contribution < -0.4 is 5.32 Å². The van der Waals surface area contributed by atoms with Gasteiger partial charge in [-0.05, 0) is 35.3 Å². The number of rotatable bonds is 5. The van der Waals surface area contributed by atoms with Gasteiger partial charge in [-0.1, -0.05) is 24.3 Å². The molecule has 1 fully saturated rings. The van der Waals surface area contributed by atoms with Crippen molar-refractivity contribution in [2.24, 2.45) is 11.8 Å². The Morgan fingerprint density at radius 1 is 1.35 bits per heavy atom. The number of aromatic nitrogens is 4. The van der Waals surface area contributed by atoms with Crippen molar-refractivity contribution in [3.8, 4) is 0 Å². The molecule has 3 atom stereocenters. The molecule has 3 aromatic rings. The standard InChI is InChI=1S/C19H19N5O2/c1-26-16(25)9-24-19-15(8-23-24)18(21-10-22-19)20-7-14-13-6-11-4-2-3-5-12(11)17(13)14/h2-5,8,10,13-14,17H,6-7,9H2,1H3,(H,20,21,22). The lowest BCUT2D eigenvalue weighted by molar-refractivity contribution is -0.141. The third-order valence-electron chi connectivity index (χ3n) is 5.65. The highest BCUT2D eigenvalue weighted by molar-refractivity contribution is 5.86. The van der Waals surface area contributed by atoms with Crippen molar-refractivity contribution >= 4 is 22.8 Å². The summed E-state index contributed by atoms with van der Waals surface area (Å²) in [5.74, 6) is 2.49. The lowest BCUT2D eigenvalue weighted by atomic mass is 10.0. The molecule has 0 amide bonds. The highest BCUT2D eigenvalue weighted by Gasteiger charge is 2.54. The van der Waals surface area contributed by atoms with Crippen LogP contribution >= 0.6 is 0 Å². The maximum absolute atomic E-state index is 11.5. The summed E-state index contributed by atoms with van der Waals surface area (Å²) in [5, 5.41) is 8.54. The average molecular weight is 349 g/mol. The Labute approximate surface area is 150 Å². The second-order valence-electron chi connectivity index (χ2n) is 6.98. The second kappa shape index (κ2) is 5.79. The number of carbonyl (C=O) groups excluding carboxylic acids is 1. The number of anilines is 1. The summed E-state index contributed by atoms with van der Waals surface area (Å²) in [7, 11) is 1.36. The normalized spacial score (nSPS) is 22.7. The number of fused-ring (bicyclic) bond motifs is 4. The first kappa shape index (κ1) is 15.3. The number of methoxy groups -OCH3 is 1. The van der Waals surface area contributed by atoms with E-state index in [4.69, 9.17) is 4.74 Å². The number of ether oxygens (including phenoxy) is 1. The van der Waals surface area contributed by atoms with Gasteiger partial charge in [0.1, 0.15) is 18.7 Å². The van der Waals surface area contributed by atoms with E-state index in [-0.39, 0.29) is 12.5 Å². The van der Waals surface area contributed by atoms with E-state index < -0.39 is 0 Å². The molecule has 2 aliphatic rings. The van der Waals surface area contributed by atoms with Gasteiger partial charge in [0.25, 0.3) is 0 Å². The van der Waals surface area contributed by atoms with E-state index in [2.05, 4.69) is 44.6 Å². The topological polar surface area (TPSA) is 81.9 Å². The number of benzene rings is 1. The molecule has 1 aromatic carbocycles. The third-order valence-corrected chi connectivity index (χ3v) is 5.65. The van der Waals surface area contributed by atoms with E-state index in [0.717, 1.165) is 23.7 Å². The predicted octanol–water partition coefficient (Wildman–Crippen LogP) is 2.00. The van der Waals surface area contributed by atoms with Crippen LogP contribution in [0.4, 0.5) is 5.82 Å². The Bertz CT molecular complexity index is 999. The minimum absolute atomic E-state index is 0.0417. The van der Waals surface area contributed by atoms with Gasteiger partial charge in [0.05, 0.1) is 18.7 Å². The first-order valence-electron chi connectivity index (χ1n) is 8.81. The zero-order valence-corrected chi connectivity index (χ0v) is 14.4. The molecule has 7 heteroatoms. The maximum Gasteiger partial charge on any atom is 0.327 e. The van der Waals surface area contributed by atoms with Crippen LogP contribution in [0.2, 0.25) is 0 Å². The van der Waals surface area contributed by atoms with Gasteiger partial charge in [0.15, 0.2) is 5.65 Å². The van der Waals surface area contributed by atoms with Crippen LogP contribution in [0, 0.1) is 11.8 Å². The van der Waals surface area contributed by atoms with Gasteiger partial charge < -0.3 is 10.1 Å². The molecule has 0 aliphatic heterocycles. The van der Waals surface area contributed by atoms with E-state index in [9.17, 15) is 4.79 Å². The lowest BCUT2D eigenvalue weighted by Crippen LogP contribution is -2.13. The minimum atomic E-state index is -0.354. The first-order valence-corrected chi connectivity index (χ1v) is 8.81. The van der Waals surface area contributed by atoms with Gasteiger partial charge in [-0.25, -0.2) is 14.6 Å². The van der Waals surface area contributed by atoms with Gasteiger partial charge in [-0.3, -0.25) is 4.79 Å². The van der Waals surface area contributed by atoms with E-state index >= 15 is 0 Å². The highest BCUT2D eigenvalue weighted by atomic mass is 16.5. The van der Waals surface area contributed by atoms with Crippen molar-refractivity contribution in [1.29, 1.82) is 0 Å². The third kappa shape index (κ3) is 2.34. The Morgan fingerprint density at radius 2 is 2.23 bits per heavy atom. The van der Waals surface area contributed by atoms with Crippen LogP contribution in [-0.2, 0) is 22.5 Å². The van der Waals surface area contributed by atoms with Gasteiger partial charge in [0.2, 0.25) is 0 Å². The molecule has 0 spiro atoms. The van der Waals surface area contributed by atoms with Crippen LogP contribution in [0.3, 0.4) is 0 Å². The largest absolute Gasteiger partial charge is 0.468 e. The van der Waals surface area contributed by atoms with E-state index in [0.29, 0.717) is 17.5 Å².